The summed E-state index contributed by atoms with van der Waals surface area (Å²) in [5.41, 5.74) is 2.06. The third-order valence-electron chi connectivity index (χ3n) is 3.76. The number of para-hydroxylation sites is 2. The van der Waals surface area contributed by atoms with E-state index in [4.69, 9.17) is 23.2 Å². The molecule has 0 bridgehead atoms. The quantitative estimate of drug-likeness (QED) is 0.351. The molecule has 2 rings (SSSR count). The van der Waals surface area contributed by atoms with E-state index in [0.29, 0.717) is 22.5 Å². The molecule has 146 valence electrons. The number of benzene rings is 2. The largest absolute Gasteiger partial charge is 0.325 e. The number of alkyl halides is 2. The van der Waals surface area contributed by atoms with Crippen LogP contribution >= 0.6 is 23.2 Å². The molecule has 0 aliphatic carbocycles. The topological polar surface area (TPSA) is 75.3 Å². The van der Waals surface area contributed by atoms with Gasteiger partial charge in [0.15, 0.2) is 5.78 Å². The van der Waals surface area contributed by atoms with E-state index in [1.807, 2.05) is 6.07 Å². The average molecular weight is 419 g/mol. The first-order chi connectivity index (χ1) is 13.5. The van der Waals surface area contributed by atoms with Crippen LogP contribution < -0.4 is 10.6 Å². The van der Waals surface area contributed by atoms with Crippen molar-refractivity contribution in [3.8, 4) is 0 Å². The molecular formula is C21H20Cl2N2O3. The van der Waals surface area contributed by atoms with E-state index in [0.717, 1.165) is 0 Å². The number of rotatable bonds is 9. The minimum absolute atomic E-state index is 0.162. The van der Waals surface area contributed by atoms with Gasteiger partial charge in [0, 0.05) is 35.9 Å². The van der Waals surface area contributed by atoms with Gasteiger partial charge < -0.3 is 10.6 Å². The molecule has 7 heteroatoms. The summed E-state index contributed by atoms with van der Waals surface area (Å²) < 4.78 is 0. The Kier molecular flexibility index (Phi) is 8.72. The van der Waals surface area contributed by atoms with Gasteiger partial charge in [0.05, 0.1) is 5.69 Å². The predicted molar refractivity (Wildman–Crippen MR) is 114 cm³/mol. The first-order valence-electron chi connectivity index (χ1n) is 8.67. The maximum absolute atomic E-state index is 12.6. The summed E-state index contributed by atoms with van der Waals surface area (Å²) in [6.07, 6.45) is 3.39. The lowest BCUT2D eigenvalue weighted by Crippen LogP contribution is -2.14. The van der Waals surface area contributed by atoms with Crippen LogP contribution in [0.15, 0.2) is 54.6 Å². The van der Waals surface area contributed by atoms with Crippen molar-refractivity contribution >= 4 is 58.3 Å². The van der Waals surface area contributed by atoms with Crippen molar-refractivity contribution in [2.75, 3.05) is 22.4 Å². The van der Waals surface area contributed by atoms with Crippen LogP contribution in [-0.4, -0.2) is 29.4 Å². The molecule has 0 aliphatic heterocycles. The second-order valence-corrected chi connectivity index (χ2v) is 6.56. The van der Waals surface area contributed by atoms with Crippen LogP contribution in [0.4, 0.5) is 11.4 Å². The normalized spacial score (nSPS) is 10.6. The Bertz CT molecular complexity index is 881. The van der Waals surface area contributed by atoms with Crippen LogP contribution in [0.25, 0.3) is 6.08 Å². The Morgan fingerprint density at radius 2 is 1.32 bits per heavy atom. The van der Waals surface area contributed by atoms with Gasteiger partial charge in [-0.1, -0.05) is 30.3 Å². The molecule has 2 N–H and O–H groups in total. The van der Waals surface area contributed by atoms with E-state index in [2.05, 4.69) is 10.6 Å². The smallest absolute Gasteiger partial charge is 0.225 e. The fourth-order valence-electron chi connectivity index (χ4n) is 2.42. The Morgan fingerprint density at radius 3 is 1.96 bits per heavy atom. The summed E-state index contributed by atoms with van der Waals surface area (Å²) in [6.45, 7) is 0. The molecule has 0 unspecified atom stereocenters. The fourth-order valence-corrected chi connectivity index (χ4v) is 2.76. The zero-order chi connectivity index (χ0) is 20.4. The Morgan fingerprint density at radius 1 is 0.786 bits per heavy atom. The first-order valence-corrected chi connectivity index (χ1v) is 9.74. The minimum atomic E-state index is -0.274. The summed E-state index contributed by atoms with van der Waals surface area (Å²) in [6, 6.07) is 13.9. The predicted octanol–water partition coefficient (Wildman–Crippen LogP) is 4.72. The van der Waals surface area contributed by atoms with E-state index in [1.165, 1.54) is 6.08 Å². The van der Waals surface area contributed by atoms with Crippen LogP contribution in [0.3, 0.4) is 0 Å². The second-order valence-electron chi connectivity index (χ2n) is 5.80. The molecule has 0 spiro atoms. The van der Waals surface area contributed by atoms with Crippen molar-refractivity contribution < 1.29 is 14.4 Å². The highest BCUT2D eigenvalue weighted by Crippen LogP contribution is 2.20. The van der Waals surface area contributed by atoms with E-state index < -0.39 is 0 Å². The summed E-state index contributed by atoms with van der Waals surface area (Å²) >= 11 is 11.2. The number of carbonyl (C=O) groups is 3. The van der Waals surface area contributed by atoms with E-state index >= 15 is 0 Å². The molecule has 0 atom stereocenters. The molecule has 5 nitrogen and oxygen atoms in total. The summed E-state index contributed by atoms with van der Waals surface area (Å²) in [7, 11) is 0. The Hall–Kier alpha value is -2.63. The van der Waals surface area contributed by atoms with Crippen LogP contribution in [0, 0.1) is 0 Å². The maximum atomic E-state index is 12.6. The van der Waals surface area contributed by atoms with Gasteiger partial charge in [-0.05, 0) is 35.9 Å². The number of carbonyl (C=O) groups excluding carboxylic acids is 3. The number of amides is 2. The Labute approximate surface area is 173 Å². The molecule has 0 aliphatic rings. The van der Waals surface area contributed by atoms with Crippen molar-refractivity contribution in [2.45, 2.75) is 12.8 Å². The zero-order valence-electron chi connectivity index (χ0n) is 15.1. The standard InChI is InChI=1S/C21H20Cl2N2O3/c22-13-11-20(27)24-17-7-3-1-5-15(17)9-10-19(26)16-6-2-4-8-18(16)25-21(28)12-14-23/h1-10H,11-14H2,(H,24,27)(H,25,28)/b10-9+. The lowest BCUT2D eigenvalue weighted by atomic mass is 10.1. The lowest BCUT2D eigenvalue weighted by Gasteiger charge is -2.09. The summed E-state index contributed by atoms with van der Waals surface area (Å²) in [5.74, 6) is -0.299. The first kappa shape index (κ1) is 21.7. The number of hydrogen-bond acceptors (Lipinski definition) is 3. The monoisotopic (exact) mass is 418 g/mol. The maximum Gasteiger partial charge on any atom is 0.225 e. The van der Waals surface area contributed by atoms with E-state index in [1.54, 1.807) is 48.5 Å². The van der Waals surface area contributed by atoms with Crippen molar-refractivity contribution in [3.63, 3.8) is 0 Å². The molecule has 2 aromatic rings. The average Bonchev–Trinajstić information content (AvgIpc) is 2.68. The molecule has 2 amide bonds. The highest BCUT2D eigenvalue weighted by molar-refractivity contribution is 6.20. The molecular weight excluding hydrogens is 399 g/mol. The van der Waals surface area contributed by atoms with E-state index in [-0.39, 0.29) is 42.2 Å². The number of anilines is 2. The third kappa shape index (κ3) is 6.51. The summed E-state index contributed by atoms with van der Waals surface area (Å²) in [5, 5.41) is 5.47. The second kappa shape index (κ2) is 11.3. The minimum Gasteiger partial charge on any atom is -0.325 e. The number of hydrogen-bond donors (Lipinski definition) is 2. The molecule has 2 aromatic carbocycles. The van der Waals surface area contributed by atoms with Crippen molar-refractivity contribution in [3.05, 3.63) is 65.7 Å². The van der Waals surface area contributed by atoms with Gasteiger partial charge in [-0.25, -0.2) is 0 Å². The molecule has 0 heterocycles. The van der Waals surface area contributed by atoms with Gasteiger partial charge >= 0.3 is 0 Å². The molecule has 28 heavy (non-hydrogen) atoms. The third-order valence-corrected chi connectivity index (χ3v) is 4.14. The lowest BCUT2D eigenvalue weighted by molar-refractivity contribution is -0.116. The summed E-state index contributed by atoms with van der Waals surface area (Å²) in [4.78, 5) is 36.2. The molecule has 0 saturated carbocycles. The fraction of sp³-hybridized carbons (Fsp3) is 0.190. The SMILES string of the molecule is O=C(CCCl)Nc1ccccc1/C=C/C(=O)c1ccccc1NC(=O)CCCl. The van der Waals surface area contributed by atoms with Gasteiger partial charge in [-0.2, -0.15) is 0 Å². The molecule has 0 radical (unpaired) electrons. The molecule has 0 aromatic heterocycles. The van der Waals surface area contributed by atoms with Crippen molar-refractivity contribution in [1.29, 1.82) is 0 Å². The molecule has 0 fully saturated rings. The van der Waals surface area contributed by atoms with Crippen molar-refractivity contribution in [1.82, 2.24) is 0 Å². The number of nitrogens with one attached hydrogen (secondary N) is 2. The highest BCUT2D eigenvalue weighted by Gasteiger charge is 2.11. The van der Waals surface area contributed by atoms with Gasteiger partial charge in [0.25, 0.3) is 0 Å². The van der Waals surface area contributed by atoms with Crippen LogP contribution in [0.2, 0.25) is 0 Å². The van der Waals surface area contributed by atoms with Crippen LogP contribution in [-0.2, 0) is 9.59 Å². The number of ketones is 1. The number of halogens is 2. The molecule has 0 saturated heterocycles. The van der Waals surface area contributed by atoms with Gasteiger partial charge in [0.1, 0.15) is 0 Å². The number of allylic oxidation sites excluding steroid dienone is 1. The Balaban J connectivity index is 2.19. The highest BCUT2D eigenvalue weighted by atomic mass is 35.5. The zero-order valence-corrected chi connectivity index (χ0v) is 16.6. The van der Waals surface area contributed by atoms with Gasteiger partial charge in [-0.15, -0.1) is 23.2 Å². The van der Waals surface area contributed by atoms with Gasteiger partial charge in [-0.3, -0.25) is 14.4 Å². The van der Waals surface area contributed by atoms with Crippen LogP contribution in [0.5, 0.6) is 0 Å². The van der Waals surface area contributed by atoms with Crippen LogP contribution in [0.1, 0.15) is 28.8 Å². The van der Waals surface area contributed by atoms with Gasteiger partial charge in [0.2, 0.25) is 11.8 Å². The van der Waals surface area contributed by atoms with Crippen molar-refractivity contribution in [2.24, 2.45) is 0 Å². The van der Waals surface area contributed by atoms with E-state index in [9.17, 15) is 14.4 Å².